The molecule has 0 aliphatic carbocycles. The van der Waals surface area contributed by atoms with Crippen molar-refractivity contribution < 1.29 is 9.31 Å². The van der Waals surface area contributed by atoms with Gasteiger partial charge in [0.2, 0.25) is 5.82 Å². The molecule has 1 N–H and O–H groups in total. The highest BCUT2D eigenvalue weighted by molar-refractivity contribution is 8.00. The summed E-state index contributed by atoms with van der Waals surface area (Å²) in [5.41, 5.74) is -0.196. The van der Waals surface area contributed by atoms with Crippen molar-refractivity contribution in [3.05, 3.63) is 34.1 Å². The predicted octanol–water partition coefficient (Wildman–Crippen LogP) is 3.04. The largest absolute Gasteiger partial charge is 0.378 e. The van der Waals surface area contributed by atoms with E-state index in [1.54, 1.807) is 6.07 Å². The fourth-order valence-electron chi connectivity index (χ4n) is 1.87. The quantitative estimate of drug-likeness (QED) is 0.664. The summed E-state index contributed by atoms with van der Waals surface area (Å²) in [5, 5.41) is 14.2. The Morgan fingerprint density at radius 3 is 3.06 bits per heavy atom. The van der Waals surface area contributed by atoms with Gasteiger partial charge in [-0.05, 0) is 30.7 Å². The van der Waals surface area contributed by atoms with Gasteiger partial charge in [-0.15, -0.1) is 0 Å². The van der Waals surface area contributed by atoms with Crippen LogP contribution in [0.3, 0.4) is 0 Å². The van der Waals surface area contributed by atoms with Crippen molar-refractivity contribution in [3.63, 3.8) is 0 Å². The summed E-state index contributed by atoms with van der Waals surface area (Å²) in [6.07, 6.45) is 2.29. The first-order chi connectivity index (χ1) is 8.18. The number of para-hydroxylation sites is 1. The number of rotatable bonds is 4. The summed E-state index contributed by atoms with van der Waals surface area (Å²) >= 11 is 1.85. The van der Waals surface area contributed by atoms with Gasteiger partial charge < -0.3 is 5.32 Å². The Morgan fingerprint density at radius 1 is 1.59 bits per heavy atom. The molecule has 0 aromatic heterocycles. The molecule has 17 heavy (non-hydrogen) atoms. The lowest BCUT2D eigenvalue weighted by atomic mass is 10.2. The van der Waals surface area contributed by atoms with Gasteiger partial charge in [-0.3, -0.25) is 10.1 Å². The summed E-state index contributed by atoms with van der Waals surface area (Å²) in [7, 11) is 0. The first-order valence-corrected chi connectivity index (χ1v) is 6.51. The molecule has 1 aliphatic rings. The van der Waals surface area contributed by atoms with E-state index in [9.17, 15) is 14.5 Å². The average Bonchev–Trinajstić information content (AvgIpc) is 2.78. The summed E-state index contributed by atoms with van der Waals surface area (Å²) in [6, 6.07) is 4.13. The lowest BCUT2D eigenvalue weighted by Gasteiger charge is -2.11. The van der Waals surface area contributed by atoms with Gasteiger partial charge in [-0.1, -0.05) is 6.07 Å². The van der Waals surface area contributed by atoms with Gasteiger partial charge in [-0.2, -0.15) is 16.2 Å². The molecular weight excluding hydrogens is 243 g/mol. The maximum atomic E-state index is 13.3. The van der Waals surface area contributed by atoms with Crippen molar-refractivity contribution >= 4 is 23.1 Å². The fourth-order valence-corrected chi connectivity index (χ4v) is 3.07. The van der Waals surface area contributed by atoms with Gasteiger partial charge in [0.05, 0.1) is 4.92 Å². The van der Waals surface area contributed by atoms with Crippen LogP contribution in [0.5, 0.6) is 0 Å². The molecule has 1 aromatic rings. The molecule has 4 nitrogen and oxygen atoms in total. The minimum absolute atomic E-state index is 0.266. The lowest BCUT2D eigenvalue weighted by molar-refractivity contribution is -0.386. The number of nitro groups is 1. The Kier molecular flexibility index (Phi) is 3.83. The summed E-state index contributed by atoms with van der Waals surface area (Å²) in [5.74, 6) is 0.344. The molecule has 1 unspecified atom stereocenters. The maximum absolute atomic E-state index is 13.3. The number of thioether (sulfide) groups is 1. The SMILES string of the molecule is O=[N+]([O-])c1c(F)cccc1NCC1CCCS1. The molecule has 1 fully saturated rings. The second-order valence-electron chi connectivity index (χ2n) is 3.91. The van der Waals surface area contributed by atoms with E-state index in [-0.39, 0.29) is 5.69 Å². The normalized spacial score (nSPS) is 19.2. The van der Waals surface area contributed by atoms with Gasteiger partial charge >= 0.3 is 5.69 Å². The Labute approximate surface area is 103 Å². The third-order valence-electron chi connectivity index (χ3n) is 2.71. The van der Waals surface area contributed by atoms with Crippen LogP contribution in [0.15, 0.2) is 18.2 Å². The van der Waals surface area contributed by atoms with Crippen molar-refractivity contribution in [1.82, 2.24) is 0 Å². The second kappa shape index (κ2) is 5.35. The zero-order valence-electron chi connectivity index (χ0n) is 9.19. The van der Waals surface area contributed by atoms with Crippen LogP contribution in [0.25, 0.3) is 0 Å². The molecule has 1 aliphatic heterocycles. The number of nitrogens with zero attached hydrogens (tertiary/aromatic N) is 1. The minimum Gasteiger partial charge on any atom is -0.378 e. The number of hydrogen-bond donors (Lipinski definition) is 1. The zero-order valence-corrected chi connectivity index (χ0v) is 10.0. The Morgan fingerprint density at radius 2 is 2.41 bits per heavy atom. The number of nitrogens with one attached hydrogen (secondary N) is 1. The van der Waals surface area contributed by atoms with Crippen LogP contribution in [0.2, 0.25) is 0 Å². The van der Waals surface area contributed by atoms with Crippen LogP contribution < -0.4 is 5.32 Å². The van der Waals surface area contributed by atoms with Crippen molar-refractivity contribution in [1.29, 1.82) is 0 Å². The molecule has 0 radical (unpaired) electrons. The third kappa shape index (κ3) is 2.88. The summed E-state index contributed by atoms with van der Waals surface area (Å²) in [6.45, 7) is 0.648. The monoisotopic (exact) mass is 256 g/mol. The highest BCUT2D eigenvalue weighted by atomic mass is 32.2. The molecule has 1 saturated heterocycles. The Balaban J connectivity index is 2.09. The lowest BCUT2D eigenvalue weighted by Crippen LogP contribution is -2.14. The van der Waals surface area contributed by atoms with E-state index >= 15 is 0 Å². The second-order valence-corrected chi connectivity index (χ2v) is 5.32. The van der Waals surface area contributed by atoms with E-state index in [0.717, 1.165) is 18.2 Å². The number of hydrogen-bond acceptors (Lipinski definition) is 4. The van der Waals surface area contributed by atoms with Gasteiger partial charge in [0.15, 0.2) is 0 Å². The van der Waals surface area contributed by atoms with Crippen LogP contribution in [-0.4, -0.2) is 22.5 Å². The molecule has 0 amide bonds. The van der Waals surface area contributed by atoms with E-state index in [1.807, 2.05) is 11.8 Å². The molecule has 1 atom stereocenters. The molecule has 1 aromatic carbocycles. The molecular formula is C11H13FN2O2S. The Hall–Kier alpha value is -1.30. The van der Waals surface area contributed by atoms with E-state index in [4.69, 9.17) is 0 Å². The van der Waals surface area contributed by atoms with Gasteiger partial charge in [0.1, 0.15) is 5.69 Å². The molecule has 0 bridgehead atoms. The predicted molar refractivity (Wildman–Crippen MR) is 67.0 cm³/mol. The van der Waals surface area contributed by atoms with Gasteiger partial charge in [0, 0.05) is 11.8 Å². The van der Waals surface area contributed by atoms with Crippen molar-refractivity contribution in [2.24, 2.45) is 0 Å². The highest BCUT2D eigenvalue weighted by Crippen LogP contribution is 2.30. The zero-order chi connectivity index (χ0) is 12.3. The minimum atomic E-state index is -0.793. The summed E-state index contributed by atoms with van der Waals surface area (Å²) in [4.78, 5) is 10.1. The molecule has 6 heteroatoms. The van der Waals surface area contributed by atoms with Crippen LogP contribution >= 0.6 is 11.8 Å². The van der Waals surface area contributed by atoms with Gasteiger partial charge in [-0.25, -0.2) is 0 Å². The highest BCUT2D eigenvalue weighted by Gasteiger charge is 2.21. The number of benzene rings is 1. The van der Waals surface area contributed by atoms with Crippen molar-refractivity contribution in [3.8, 4) is 0 Å². The standard InChI is InChI=1S/C11H13FN2O2S/c12-9-4-1-5-10(11(9)14(15)16)13-7-8-3-2-6-17-8/h1,4-5,8,13H,2-3,6-7H2. The number of nitro benzene ring substituents is 1. The average molecular weight is 256 g/mol. The first-order valence-electron chi connectivity index (χ1n) is 5.47. The van der Waals surface area contributed by atoms with Crippen molar-refractivity contribution in [2.45, 2.75) is 18.1 Å². The van der Waals surface area contributed by atoms with Crippen molar-refractivity contribution in [2.75, 3.05) is 17.6 Å². The topological polar surface area (TPSA) is 55.2 Å². The van der Waals surface area contributed by atoms with Crippen LogP contribution in [-0.2, 0) is 0 Å². The van der Waals surface area contributed by atoms with Crippen LogP contribution in [0, 0.1) is 15.9 Å². The molecule has 0 spiro atoms. The molecule has 2 rings (SSSR count). The van der Waals surface area contributed by atoms with E-state index in [0.29, 0.717) is 11.8 Å². The first kappa shape index (κ1) is 12.2. The third-order valence-corrected chi connectivity index (χ3v) is 4.11. The Bertz CT molecular complexity index is 422. The molecule has 0 saturated carbocycles. The van der Waals surface area contributed by atoms with E-state index in [1.165, 1.54) is 12.5 Å². The number of halogens is 1. The van der Waals surface area contributed by atoms with Crippen LogP contribution in [0.1, 0.15) is 12.8 Å². The molecule has 92 valence electrons. The van der Waals surface area contributed by atoms with Crippen LogP contribution in [0.4, 0.5) is 15.8 Å². The maximum Gasteiger partial charge on any atom is 0.327 e. The fraction of sp³-hybridized carbons (Fsp3) is 0.455. The summed E-state index contributed by atoms with van der Waals surface area (Å²) < 4.78 is 13.3. The van der Waals surface area contributed by atoms with Gasteiger partial charge in [0.25, 0.3) is 0 Å². The smallest absolute Gasteiger partial charge is 0.327 e. The van der Waals surface area contributed by atoms with E-state index in [2.05, 4.69) is 5.32 Å². The van der Waals surface area contributed by atoms with E-state index < -0.39 is 16.4 Å². The number of anilines is 1. The molecule has 1 heterocycles.